The highest BCUT2D eigenvalue weighted by Gasteiger charge is 2.33. The quantitative estimate of drug-likeness (QED) is 0.864. The highest BCUT2D eigenvalue weighted by Crippen LogP contribution is 2.34. The number of aliphatic carboxylic acids is 1. The van der Waals surface area contributed by atoms with Gasteiger partial charge >= 0.3 is 0 Å². The van der Waals surface area contributed by atoms with Crippen LogP contribution in [0, 0.1) is 17.7 Å². The molecule has 0 aromatic heterocycles. The molecule has 0 spiro atoms. The minimum atomic E-state index is -1.22. The minimum Gasteiger partial charge on any atom is -0.550 e. The van der Waals surface area contributed by atoms with Gasteiger partial charge in [-0.15, -0.1) is 0 Å². The molecule has 21 heavy (non-hydrogen) atoms. The van der Waals surface area contributed by atoms with Crippen molar-refractivity contribution in [3.63, 3.8) is 0 Å². The van der Waals surface area contributed by atoms with Gasteiger partial charge in [0.25, 0.3) is 0 Å². The van der Waals surface area contributed by atoms with Gasteiger partial charge in [0.2, 0.25) is 5.91 Å². The van der Waals surface area contributed by atoms with Crippen molar-refractivity contribution < 1.29 is 19.1 Å². The van der Waals surface area contributed by atoms with Gasteiger partial charge < -0.3 is 15.2 Å². The van der Waals surface area contributed by atoms with E-state index in [1.807, 2.05) is 13.8 Å². The van der Waals surface area contributed by atoms with Crippen molar-refractivity contribution in [1.29, 1.82) is 0 Å². The first-order chi connectivity index (χ1) is 9.88. The second kappa shape index (κ2) is 6.08. The van der Waals surface area contributed by atoms with Gasteiger partial charge in [0.05, 0.1) is 5.92 Å². The van der Waals surface area contributed by atoms with Crippen LogP contribution in [-0.2, 0) is 9.59 Å². The lowest BCUT2D eigenvalue weighted by Crippen LogP contribution is -2.42. The lowest BCUT2D eigenvalue weighted by molar-refractivity contribution is -0.313. The van der Waals surface area contributed by atoms with E-state index >= 15 is 0 Å². The zero-order valence-corrected chi connectivity index (χ0v) is 12.0. The second-order valence-corrected chi connectivity index (χ2v) is 5.50. The maximum atomic E-state index is 13.1. The molecule has 0 radical (unpaired) electrons. The number of rotatable bonds is 3. The Morgan fingerprint density at radius 1 is 1.19 bits per heavy atom. The molecule has 2 rings (SSSR count). The standard InChI is InChI=1S/C16H18FNO3/c1-9-6-13(14(16(20)21)7-10(9)2)15(19)18-12-5-3-4-11(17)8-12/h3-5,8,13-14H,6-7H2,1-2H3,(H,18,19)(H,20,21)/p-1/t13-,14+/m0/s1. The van der Waals surface area contributed by atoms with Crippen molar-refractivity contribution in [3.8, 4) is 0 Å². The first kappa shape index (κ1) is 15.2. The van der Waals surface area contributed by atoms with Gasteiger partial charge in [-0.3, -0.25) is 4.79 Å². The van der Waals surface area contributed by atoms with E-state index in [0.717, 1.165) is 11.1 Å². The molecule has 1 amide bonds. The number of allylic oxidation sites excluding steroid dienone is 2. The number of carbonyl (C=O) groups is 2. The van der Waals surface area contributed by atoms with E-state index in [1.54, 1.807) is 6.07 Å². The van der Waals surface area contributed by atoms with Gasteiger partial charge in [0.15, 0.2) is 0 Å². The van der Waals surface area contributed by atoms with E-state index in [0.29, 0.717) is 18.5 Å². The lowest BCUT2D eigenvalue weighted by Gasteiger charge is -2.32. The van der Waals surface area contributed by atoms with Crippen LogP contribution in [0.1, 0.15) is 26.7 Å². The van der Waals surface area contributed by atoms with Crippen LogP contribution >= 0.6 is 0 Å². The predicted molar refractivity (Wildman–Crippen MR) is 74.6 cm³/mol. The Labute approximate surface area is 122 Å². The molecule has 0 aliphatic heterocycles. The van der Waals surface area contributed by atoms with Crippen molar-refractivity contribution >= 4 is 17.6 Å². The molecule has 0 unspecified atom stereocenters. The third-order valence-corrected chi connectivity index (χ3v) is 4.00. The molecule has 0 saturated carbocycles. The fraction of sp³-hybridized carbons (Fsp3) is 0.375. The highest BCUT2D eigenvalue weighted by atomic mass is 19.1. The molecule has 1 aliphatic carbocycles. The number of hydrogen-bond donors (Lipinski definition) is 1. The van der Waals surface area contributed by atoms with E-state index in [2.05, 4.69) is 5.32 Å². The Hall–Kier alpha value is -2.17. The van der Waals surface area contributed by atoms with E-state index in [4.69, 9.17) is 0 Å². The summed E-state index contributed by atoms with van der Waals surface area (Å²) >= 11 is 0. The summed E-state index contributed by atoms with van der Waals surface area (Å²) in [5.41, 5.74) is 2.33. The first-order valence-corrected chi connectivity index (χ1v) is 6.81. The molecule has 1 aromatic rings. The summed E-state index contributed by atoms with van der Waals surface area (Å²) < 4.78 is 13.1. The van der Waals surface area contributed by atoms with Crippen LogP contribution in [0.4, 0.5) is 10.1 Å². The maximum absolute atomic E-state index is 13.1. The number of carboxylic acids is 1. The highest BCUT2D eigenvalue weighted by molar-refractivity contribution is 5.95. The third-order valence-electron chi connectivity index (χ3n) is 4.00. The summed E-state index contributed by atoms with van der Waals surface area (Å²) in [6.45, 7) is 3.76. The number of hydrogen-bond acceptors (Lipinski definition) is 3. The molecule has 5 heteroatoms. The Kier molecular flexibility index (Phi) is 4.40. The van der Waals surface area contributed by atoms with Crippen LogP contribution in [0.5, 0.6) is 0 Å². The Balaban J connectivity index is 2.18. The molecule has 0 bridgehead atoms. The van der Waals surface area contributed by atoms with Crippen LogP contribution < -0.4 is 10.4 Å². The van der Waals surface area contributed by atoms with Crippen molar-refractivity contribution in [2.24, 2.45) is 11.8 Å². The van der Waals surface area contributed by atoms with Crippen molar-refractivity contribution in [1.82, 2.24) is 0 Å². The van der Waals surface area contributed by atoms with Gasteiger partial charge in [-0.05, 0) is 44.9 Å². The second-order valence-electron chi connectivity index (χ2n) is 5.50. The smallest absolute Gasteiger partial charge is 0.228 e. The number of anilines is 1. The average Bonchev–Trinajstić information content (AvgIpc) is 2.41. The fourth-order valence-electron chi connectivity index (χ4n) is 2.62. The monoisotopic (exact) mass is 290 g/mol. The fourth-order valence-corrected chi connectivity index (χ4v) is 2.62. The Morgan fingerprint density at radius 3 is 2.38 bits per heavy atom. The van der Waals surface area contributed by atoms with E-state index in [-0.39, 0.29) is 0 Å². The Bertz CT molecular complexity index is 609. The number of benzene rings is 1. The number of carbonyl (C=O) groups excluding carboxylic acids is 2. The molecule has 0 fully saturated rings. The molecule has 1 aliphatic rings. The van der Waals surface area contributed by atoms with Crippen molar-refractivity contribution in [2.75, 3.05) is 5.32 Å². The average molecular weight is 290 g/mol. The molecule has 2 atom stereocenters. The summed E-state index contributed by atoms with van der Waals surface area (Å²) in [5.74, 6) is -3.63. The van der Waals surface area contributed by atoms with Crippen LogP contribution in [0.15, 0.2) is 35.4 Å². The van der Waals surface area contributed by atoms with Gasteiger partial charge in [0, 0.05) is 17.6 Å². The van der Waals surface area contributed by atoms with Crippen LogP contribution in [0.2, 0.25) is 0 Å². The summed E-state index contributed by atoms with van der Waals surface area (Å²) in [6.07, 6.45) is 0.695. The van der Waals surface area contributed by atoms with E-state index in [1.165, 1.54) is 18.2 Å². The summed E-state index contributed by atoms with van der Waals surface area (Å²) in [7, 11) is 0. The maximum Gasteiger partial charge on any atom is 0.228 e. The topological polar surface area (TPSA) is 69.2 Å². The Morgan fingerprint density at radius 2 is 1.81 bits per heavy atom. The van der Waals surface area contributed by atoms with Crippen molar-refractivity contribution in [3.05, 3.63) is 41.2 Å². The molecule has 0 heterocycles. The zero-order valence-electron chi connectivity index (χ0n) is 12.0. The number of nitrogens with one attached hydrogen (secondary N) is 1. The lowest BCUT2D eigenvalue weighted by atomic mass is 9.76. The summed E-state index contributed by atoms with van der Waals surface area (Å²) in [4.78, 5) is 23.6. The third kappa shape index (κ3) is 3.48. The first-order valence-electron chi connectivity index (χ1n) is 6.81. The molecule has 1 aromatic carbocycles. The van der Waals surface area contributed by atoms with Gasteiger partial charge in [0.1, 0.15) is 5.82 Å². The summed E-state index contributed by atoms with van der Waals surface area (Å²) in [5, 5.41) is 13.8. The van der Waals surface area contributed by atoms with Crippen LogP contribution in [0.3, 0.4) is 0 Å². The SMILES string of the molecule is CC1=C(C)C[C@@H](C(=O)[O-])[C@@H](C(=O)Nc2cccc(F)c2)C1. The molecular weight excluding hydrogens is 273 g/mol. The normalized spacial score (nSPS) is 22.0. The van der Waals surface area contributed by atoms with E-state index in [9.17, 15) is 19.1 Å². The largest absolute Gasteiger partial charge is 0.550 e. The summed E-state index contributed by atoms with van der Waals surface area (Å²) in [6, 6.07) is 5.52. The molecular formula is C16H17FNO3-. The molecule has 112 valence electrons. The number of carboxylic acid groups (broad SMARTS) is 1. The van der Waals surface area contributed by atoms with Crippen LogP contribution in [0.25, 0.3) is 0 Å². The van der Waals surface area contributed by atoms with Gasteiger partial charge in [-0.25, -0.2) is 4.39 Å². The van der Waals surface area contributed by atoms with Gasteiger partial charge in [-0.2, -0.15) is 0 Å². The molecule has 1 N–H and O–H groups in total. The zero-order chi connectivity index (χ0) is 15.6. The number of halogens is 1. The van der Waals surface area contributed by atoms with Crippen LogP contribution in [-0.4, -0.2) is 11.9 Å². The van der Waals surface area contributed by atoms with Crippen molar-refractivity contribution in [2.45, 2.75) is 26.7 Å². The number of amides is 1. The van der Waals surface area contributed by atoms with E-state index < -0.39 is 29.5 Å². The molecule has 4 nitrogen and oxygen atoms in total. The predicted octanol–water partition coefficient (Wildman–Crippen LogP) is 1.88. The van der Waals surface area contributed by atoms with Gasteiger partial charge in [-0.1, -0.05) is 17.2 Å². The minimum absolute atomic E-state index is 0.315. The molecule has 0 saturated heterocycles.